The quantitative estimate of drug-likeness (QED) is 0.573. The van der Waals surface area contributed by atoms with Crippen molar-refractivity contribution < 1.29 is 13.2 Å². The second kappa shape index (κ2) is 9.84. The van der Waals surface area contributed by atoms with Crippen molar-refractivity contribution in [1.82, 2.24) is 4.31 Å². The first-order valence-corrected chi connectivity index (χ1v) is 12.2. The van der Waals surface area contributed by atoms with Crippen molar-refractivity contribution in [2.45, 2.75) is 25.7 Å². The fourth-order valence-corrected chi connectivity index (χ4v) is 5.36. The van der Waals surface area contributed by atoms with E-state index < -0.39 is 10.0 Å². The van der Waals surface area contributed by atoms with Crippen molar-refractivity contribution in [3.63, 3.8) is 0 Å². The number of nitrogens with zero attached hydrogens (tertiary/aromatic N) is 1. The Hall–Kier alpha value is -1.45. The van der Waals surface area contributed by atoms with Gasteiger partial charge >= 0.3 is 0 Å². The molecule has 1 atom stereocenters. The summed E-state index contributed by atoms with van der Waals surface area (Å²) < 4.78 is 28.1. The lowest BCUT2D eigenvalue weighted by molar-refractivity contribution is -0.120. The minimum Gasteiger partial charge on any atom is -0.326 e. The van der Waals surface area contributed by atoms with Gasteiger partial charge < -0.3 is 5.32 Å². The van der Waals surface area contributed by atoms with Crippen LogP contribution in [0.25, 0.3) is 0 Å². The maximum atomic E-state index is 12.7. The number of amides is 1. The van der Waals surface area contributed by atoms with E-state index in [0.717, 1.165) is 21.2 Å². The third-order valence-corrected chi connectivity index (χ3v) is 7.61. The van der Waals surface area contributed by atoms with E-state index in [2.05, 4.69) is 27.9 Å². The van der Waals surface area contributed by atoms with Crippen LogP contribution in [0.1, 0.15) is 24.8 Å². The molecular weight excluding hydrogens is 487 g/mol. The van der Waals surface area contributed by atoms with Crippen molar-refractivity contribution in [1.29, 1.82) is 0 Å². The van der Waals surface area contributed by atoms with E-state index in [1.54, 1.807) is 0 Å². The van der Waals surface area contributed by atoms with Crippen LogP contribution in [0, 0.1) is 9.49 Å². The van der Waals surface area contributed by atoms with Gasteiger partial charge in [0.05, 0.1) is 11.7 Å². The number of rotatable bonds is 7. The Bertz CT molecular complexity index is 886. The smallest absolute Gasteiger partial charge is 0.228 e. The molecule has 0 saturated carbocycles. The molecule has 150 valence electrons. The molecule has 0 radical (unpaired) electrons. The SMILES string of the molecule is O=C(Nc1ccc(I)cc1)[C@@H]1CCCN(S(=O)(=O)CCCc2ccccc2)C1. The molecule has 1 amide bonds. The molecule has 0 unspecified atom stereocenters. The molecule has 1 saturated heterocycles. The van der Waals surface area contributed by atoms with Gasteiger partial charge in [-0.1, -0.05) is 30.3 Å². The number of sulfonamides is 1. The Balaban J connectivity index is 1.53. The van der Waals surface area contributed by atoms with Crippen LogP contribution in [0.15, 0.2) is 54.6 Å². The summed E-state index contributed by atoms with van der Waals surface area (Å²) in [7, 11) is -3.35. The van der Waals surface area contributed by atoms with Crippen molar-refractivity contribution in [2.75, 3.05) is 24.2 Å². The van der Waals surface area contributed by atoms with Crippen molar-refractivity contribution in [3.05, 3.63) is 63.7 Å². The molecule has 0 aliphatic carbocycles. The second-order valence-electron chi connectivity index (χ2n) is 7.10. The summed E-state index contributed by atoms with van der Waals surface area (Å²) in [6.45, 7) is 0.769. The van der Waals surface area contributed by atoms with Crippen LogP contribution in [-0.4, -0.2) is 37.5 Å². The van der Waals surface area contributed by atoms with Crippen LogP contribution < -0.4 is 5.32 Å². The first-order chi connectivity index (χ1) is 13.4. The number of aryl methyl sites for hydroxylation is 1. The van der Waals surface area contributed by atoms with Crippen LogP contribution in [-0.2, 0) is 21.2 Å². The summed E-state index contributed by atoms with van der Waals surface area (Å²) in [6, 6.07) is 17.5. The molecule has 28 heavy (non-hydrogen) atoms. The normalized spacial score (nSPS) is 18.0. The molecule has 7 heteroatoms. The lowest BCUT2D eigenvalue weighted by Crippen LogP contribution is -2.44. The van der Waals surface area contributed by atoms with Crippen molar-refractivity contribution in [3.8, 4) is 0 Å². The number of hydrogen-bond acceptors (Lipinski definition) is 3. The Morgan fingerprint density at radius 1 is 1.11 bits per heavy atom. The third kappa shape index (κ3) is 6.02. The van der Waals surface area contributed by atoms with E-state index in [0.29, 0.717) is 25.8 Å². The van der Waals surface area contributed by atoms with Gasteiger partial charge in [0.15, 0.2) is 0 Å². The van der Waals surface area contributed by atoms with Gasteiger partial charge in [-0.3, -0.25) is 4.79 Å². The van der Waals surface area contributed by atoms with Gasteiger partial charge in [-0.15, -0.1) is 0 Å². The summed E-state index contributed by atoms with van der Waals surface area (Å²) in [5, 5.41) is 2.91. The van der Waals surface area contributed by atoms with Gasteiger partial charge in [0.2, 0.25) is 15.9 Å². The number of benzene rings is 2. The monoisotopic (exact) mass is 512 g/mol. The highest BCUT2D eigenvalue weighted by Gasteiger charge is 2.32. The zero-order valence-corrected chi connectivity index (χ0v) is 18.7. The Morgan fingerprint density at radius 3 is 2.54 bits per heavy atom. The molecule has 1 aliphatic rings. The average molecular weight is 512 g/mol. The largest absolute Gasteiger partial charge is 0.326 e. The highest BCUT2D eigenvalue weighted by atomic mass is 127. The lowest BCUT2D eigenvalue weighted by atomic mass is 9.99. The molecular formula is C21H25IN2O3S. The Kier molecular flexibility index (Phi) is 7.48. The van der Waals surface area contributed by atoms with Crippen LogP contribution in [0.2, 0.25) is 0 Å². The molecule has 0 spiro atoms. The number of hydrogen-bond donors (Lipinski definition) is 1. The number of halogens is 1. The molecule has 2 aromatic rings. The van der Waals surface area contributed by atoms with Crippen molar-refractivity contribution in [2.24, 2.45) is 5.92 Å². The minimum atomic E-state index is -3.35. The predicted octanol–water partition coefficient (Wildman–Crippen LogP) is 3.90. The van der Waals surface area contributed by atoms with E-state index in [1.165, 1.54) is 4.31 Å². The Morgan fingerprint density at radius 2 is 1.82 bits per heavy atom. The topological polar surface area (TPSA) is 66.5 Å². The van der Waals surface area contributed by atoms with Crippen LogP contribution in [0.5, 0.6) is 0 Å². The predicted molar refractivity (Wildman–Crippen MR) is 121 cm³/mol. The first kappa shape index (κ1) is 21.3. The highest BCUT2D eigenvalue weighted by molar-refractivity contribution is 14.1. The standard InChI is InChI=1S/C21H25IN2O3S/c22-19-10-12-20(13-11-19)23-21(25)18-9-4-14-24(16-18)28(26,27)15-5-8-17-6-2-1-3-7-17/h1-3,6-7,10-13,18H,4-5,8-9,14-16H2,(H,23,25)/t18-/m1/s1. The molecule has 0 aromatic heterocycles. The molecule has 5 nitrogen and oxygen atoms in total. The average Bonchev–Trinajstić information content (AvgIpc) is 2.70. The van der Waals surface area contributed by atoms with E-state index in [-0.39, 0.29) is 24.1 Å². The molecule has 1 N–H and O–H groups in total. The van der Waals surface area contributed by atoms with Gasteiger partial charge in [-0.05, 0) is 78.1 Å². The summed E-state index contributed by atoms with van der Waals surface area (Å²) in [6.07, 6.45) is 2.75. The summed E-state index contributed by atoms with van der Waals surface area (Å²) in [4.78, 5) is 12.6. The summed E-state index contributed by atoms with van der Waals surface area (Å²) in [5.41, 5.74) is 1.89. The van der Waals surface area contributed by atoms with E-state index in [1.807, 2.05) is 54.6 Å². The van der Waals surface area contributed by atoms with Gasteiger partial charge in [0, 0.05) is 22.3 Å². The lowest BCUT2D eigenvalue weighted by Gasteiger charge is -2.31. The summed E-state index contributed by atoms with van der Waals surface area (Å²) in [5.74, 6) is -0.296. The highest BCUT2D eigenvalue weighted by Crippen LogP contribution is 2.22. The summed E-state index contributed by atoms with van der Waals surface area (Å²) >= 11 is 2.21. The number of nitrogens with one attached hydrogen (secondary N) is 1. The zero-order chi connectivity index (χ0) is 20.0. The van der Waals surface area contributed by atoms with Gasteiger partial charge in [0.1, 0.15) is 0 Å². The first-order valence-electron chi connectivity index (χ1n) is 9.52. The number of carbonyl (C=O) groups is 1. The fraction of sp³-hybridized carbons (Fsp3) is 0.381. The number of carbonyl (C=O) groups excluding carboxylic acids is 1. The maximum Gasteiger partial charge on any atom is 0.228 e. The number of anilines is 1. The molecule has 1 fully saturated rings. The maximum absolute atomic E-state index is 12.7. The molecule has 3 rings (SSSR count). The van der Waals surface area contributed by atoms with Crippen LogP contribution in [0.3, 0.4) is 0 Å². The van der Waals surface area contributed by atoms with E-state index in [4.69, 9.17) is 0 Å². The zero-order valence-electron chi connectivity index (χ0n) is 15.7. The molecule has 0 bridgehead atoms. The third-order valence-electron chi connectivity index (χ3n) is 4.97. The van der Waals surface area contributed by atoms with Crippen molar-refractivity contribution >= 4 is 44.2 Å². The Labute approximate surface area is 180 Å². The van der Waals surface area contributed by atoms with Gasteiger partial charge in [-0.2, -0.15) is 0 Å². The minimum absolute atomic E-state index is 0.106. The van der Waals surface area contributed by atoms with Crippen LogP contribution in [0.4, 0.5) is 5.69 Å². The molecule has 2 aromatic carbocycles. The second-order valence-corrected chi connectivity index (χ2v) is 10.4. The molecule has 1 heterocycles. The van der Waals surface area contributed by atoms with E-state index >= 15 is 0 Å². The van der Waals surface area contributed by atoms with E-state index in [9.17, 15) is 13.2 Å². The van der Waals surface area contributed by atoms with Gasteiger partial charge in [-0.25, -0.2) is 12.7 Å². The number of piperidine rings is 1. The fourth-order valence-electron chi connectivity index (χ4n) is 3.42. The van der Waals surface area contributed by atoms with Gasteiger partial charge in [0.25, 0.3) is 0 Å². The molecule has 1 aliphatic heterocycles. The van der Waals surface area contributed by atoms with Crippen LogP contribution >= 0.6 is 22.6 Å².